The molecule has 0 unspecified atom stereocenters. The van der Waals surface area contributed by atoms with Crippen molar-refractivity contribution in [3.05, 3.63) is 218 Å². The van der Waals surface area contributed by atoms with E-state index in [9.17, 15) is 2.74 Å². The maximum atomic E-state index is 9.39. The summed E-state index contributed by atoms with van der Waals surface area (Å²) in [5.41, 5.74) is 7.92. The Labute approximate surface area is 374 Å². The third-order valence-electron chi connectivity index (χ3n) is 11.3. The third-order valence-corrected chi connectivity index (χ3v) is 12.6. The number of benzene rings is 9. The highest BCUT2D eigenvalue weighted by molar-refractivity contribution is 7.26. The van der Waals surface area contributed by atoms with Crippen LogP contribution >= 0.6 is 11.3 Å². The number of aromatic nitrogens is 4. The van der Waals surface area contributed by atoms with Crippen molar-refractivity contribution in [2.24, 2.45) is 0 Å². The largest absolute Gasteiger partial charge is 0.308 e. The van der Waals surface area contributed by atoms with Gasteiger partial charge in [-0.25, -0.2) is 15.0 Å². The third kappa shape index (κ3) is 6.18. The molecule has 0 N–H and O–H groups in total. The minimum absolute atomic E-state index is 0.00811. The lowest BCUT2D eigenvalue weighted by Crippen LogP contribution is -2.04. The normalized spacial score (nSPS) is 13.4. The molecule has 0 radical (unpaired) electrons. The molecule has 0 atom stereocenters. The second-order valence-electron chi connectivity index (χ2n) is 15.0. The summed E-state index contributed by atoms with van der Waals surface area (Å²) >= 11 is 1.77. The van der Waals surface area contributed by atoms with Crippen molar-refractivity contribution >= 4 is 53.3 Å². The summed E-state index contributed by atoms with van der Waals surface area (Å²) in [4.78, 5) is 15.3. The lowest BCUT2D eigenvalue weighted by molar-refractivity contribution is 1.06. The van der Waals surface area contributed by atoms with E-state index in [2.05, 4.69) is 60.7 Å². The molecule has 0 aliphatic heterocycles. The van der Waals surface area contributed by atoms with Gasteiger partial charge in [0.2, 0.25) is 0 Å². The summed E-state index contributed by atoms with van der Waals surface area (Å²) in [7, 11) is 0. The lowest BCUT2D eigenvalue weighted by Gasteiger charge is -2.17. The fraction of sp³-hybridized carbons (Fsp3) is 0. The Kier molecular flexibility index (Phi) is 6.86. The van der Waals surface area contributed by atoms with Crippen LogP contribution in [0.1, 0.15) is 11.0 Å². The van der Waals surface area contributed by atoms with Gasteiger partial charge in [0.25, 0.3) is 0 Å². The Bertz CT molecular complexity index is 4020. The molecule has 5 heteroatoms. The molecule has 0 amide bonds. The zero-order valence-corrected chi connectivity index (χ0v) is 33.7. The number of hydrogen-bond acceptors (Lipinski definition) is 4. The molecule has 0 saturated heterocycles. The molecule has 0 aliphatic rings. The van der Waals surface area contributed by atoms with Gasteiger partial charge >= 0.3 is 0 Å². The van der Waals surface area contributed by atoms with Crippen LogP contribution in [0.15, 0.2) is 218 Å². The molecule has 0 spiro atoms. The summed E-state index contributed by atoms with van der Waals surface area (Å²) in [6, 6.07) is 52.6. The van der Waals surface area contributed by atoms with Gasteiger partial charge in [0, 0.05) is 47.6 Å². The van der Waals surface area contributed by atoms with Gasteiger partial charge in [0.1, 0.15) is 0 Å². The van der Waals surface area contributed by atoms with Crippen LogP contribution in [-0.4, -0.2) is 19.5 Å². The predicted molar refractivity (Wildman–Crippen MR) is 260 cm³/mol. The van der Waals surface area contributed by atoms with Crippen LogP contribution in [0.25, 0.3) is 115 Å². The van der Waals surface area contributed by atoms with Gasteiger partial charge in [0.05, 0.1) is 27.7 Å². The summed E-state index contributed by atoms with van der Waals surface area (Å²) in [5.74, 6) is 1.00. The van der Waals surface area contributed by atoms with Crippen molar-refractivity contribution < 1.29 is 11.0 Å². The van der Waals surface area contributed by atoms with E-state index in [0.717, 1.165) is 44.5 Å². The van der Waals surface area contributed by atoms with Crippen molar-refractivity contribution in [2.45, 2.75) is 0 Å². The smallest absolute Gasteiger partial charge is 0.166 e. The van der Waals surface area contributed by atoms with E-state index in [4.69, 9.17) is 23.2 Å². The van der Waals surface area contributed by atoms with Gasteiger partial charge in [-0.3, -0.25) is 0 Å². The van der Waals surface area contributed by atoms with Crippen LogP contribution in [0.2, 0.25) is 0 Å². The van der Waals surface area contributed by atoms with Crippen LogP contribution in [-0.2, 0) is 0 Å². The van der Waals surface area contributed by atoms with Crippen molar-refractivity contribution in [3.63, 3.8) is 0 Å². The quantitative estimate of drug-likeness (QED) is 0.161. The zero-order valence-electron chi connectivity index (χ0n) is 40.9. The summed E-state index contributed by atoms with van der Waals surface area (Å²) in [5, 5.41) is 2.38. The van der Waals surface area contributed by atoms with E-state index in [-0.39, 0.29) is 27.6 Å². The molecular formula is C57H36N4S. The van der Waals surface area contributed by atoms with Crippen LogP contribution < -0.4 is 0 Å². The molecule has 0 saturated carbocycles. The number of thiophene rings is 1. The second-order valence-corrected chi connectivity index (χ2v) is 16.0. The predicted octanol–water partition coefficient (Wildman–Crippen LogP) is 15.3. The van der Waals surface area contributed by atoms with E-state index in [1.165, 1.54) is 24.7 Å². The first-order valence-electron chi connectivity index (χ1n) is 24.2. The van der Waals surface area contributed by atoms with Crippen molar-refractivity contribution in [2.75, 3.05) is 0 Å². The van der Waals surface area contributed by atoms with Gasteiger partial charge in [-0.1, -0.05) is 182 Å². The summed E-state index contributed by atoms with van der Waals surface area (Å²) < 4.78 is 76.2. The van der Waals surface area contributed by atoms with E-state index in [0.29, 0.717) is 22.9 Å². The molecule has 0 fully saturated rings. The standard InChI is InChI=1S/C57H36N4S/c1-3-15-37(16-4-1)41-19-13-20-42(35-41)43-33-34-49(52(36-43)61-50-26-10-7-21-45(50)46-22-8-11-27-51(46)61)57-59-55(39-17-5-2-6-18-39)58-56(60-57)40-31-29-38(30-32-40)44-24-14-25-48-47-23-9-12-28-53(47)62-54(44)48/h1-36H/i7D,8D,10D,11D,21D,22D,26D,27D. The van der Waals surface area contributed by atoms with Crippen LogP contribution in [0, 0.1) is 0 Å². The van der Waals surface area contributed by atoms with Gasteiger partial charge in [-0.2, -0.15) is 0 Å². The molecule has 62 heavy (non-hydrogen) atoms. The van der Waals surface area contributed by atoms with Crippen molar-refractivity contribution in [1.82, 2.24) is 19.5 Å². The van der Waals surface area contributed by atoms with E-state index < -0.39 is 48.3 Å². The molecule has 0 aliphatic carbocycles. The van der Waals surface area contributed by atoms with Crippen LogP contribution in [0.4, 0.5) is 0 Å². The number of fused-ring (bicyclic) bond motifs is 6. The molecule has 3 aromatic heterocycles. The number of para-hydroxylation sites is 2. The summed E-state index contributed by atoms with van der Waals surface area (Å²) in [6.45, 7) is 0. The monoisotopic (exact) mass is 816 g/mol. The first-order valence-corrected chi connectivity index (χ1v) is 21.0. The Morgan fingerprint density at radius 1 is 0.371 bits per heavy atom. The highest BCUT2D eigenvalue weighted by Crippen LogP contribution is 2.41. The molecule has 9 aromatic carbocycles. The maximum absolute atomic E-state index is 9.39. The molecular weight excluding hydrogens is 773 g/mol. The fourth-order valence-electron chi connectivity index (χ4n) is 8.37. The Morgan fingerprint density at radius 3 is 1.61 bits per heavy atom. The average molecular weight is 817 g/mol. The summed E-state index contributed by atoms with van der Waals surface area (Å²) in [6.07, 6.45) is 0. The Morgan fingerprint density at radius 2 is 0.887 bits per heavy atom. The molecule has 0 bridgehead atoms. The molecule has 4 nitrogen and oxygen atoms in total. The number of rotatable bonds is 7. The maximum Gasteiger partial charge on any atom is 0.166 e. The lowest BCUT2D eigenvalue weighted by atomic mass is 9.97. The van der Waals surface area contributed by atoms with Crippen molar-refractivity contribution in [3.8, 4) is 73.2 Å². The first-order chi connectivity index (χ1) is 34.0. The average Bonchev–Trinajstić information content (AvgIpc) is 3.98. The number of hydrogen-bond donors (Lipinski definition) is 0. The Hall–Kier alpha value is -7.99. The van der Waals surface area contributed by atoms with Gasteiger partial charge in [0.15, 0.2) is 17.5 Å². The van der Waals surface area contributed by atoms with Crippen LogP contribution in [0.3, 0.4) is 0 Å². The number of nitrogens with zero attached hydrogens (tertiary/aromatic N) is 4. The molecule has 290 valence electrons. The minimum atomic E-state index is -0.517. The van der Waals surface area contributed by atoms with E-state index >= 15 is 0 Å². The highest BCUT2D eigenvalue weighted by Gasteiger charge is 2.21. The Balaban J connectivity index is 1.12. The zero-order chi connectivity index (χ0) is 47.9. The van der Waals surface area contributed by atoms with Gasteiger partial charge < -0.3 is 4.57 Å². The van der Waals surface area contributed by atoms with Gasteiger partial charge in [-0.15, -0.1) is 11.3 Å². The highest BCUT2D eigenvalue weighted by atomic mass is 32.1. The molecule has 3 heterocycles. The first kappa shape index (κ1) is 28.5. The van der Waals surface area contributed by atoms with E-state index in [1.807, 2.05) is 109 Å². The fourth-order valence-corrected chi connectivity index (χ4v) is 9.61. The second kappa shape index (κ2) is 14.9. The topological polar surface area (TPSA) is 43.6 Å². The van der Waals surface area contributed by atoms with Crippen LogP contribution in [0.5, 0.6) is 0 Å². The van der Waals surface area contributed by atoms with E-state index in [1.54, 1.807) is 11.3 Å². The molecule has 12 aromatic rings. The van der Waals surface area contributed by atoms with Crippen molar-refractivity contribution in [1.29, 1.82) is 0 Å². The molecule has 12 rings (SSSR count). The SMILES string of the molecule is [2H]c1c([2H])c([2H])c2c(c1[2H])c1c([2H])c([2H])c([2H])c([2H])c1n2-c1cc(-c2cccc(-c3ccccc3)c2)ccc1-c1nc(-c2ccccc2)nc(-c2ccc(-c3cccc4c3sc3ccccc34)cc2)n1. The van der Waals surface area contributed by atoms with Gasteiger partial charge in [-0.05, 0) is 69.7 Å². The minimum Gasteiger partial charge on any atom is -0.308 e.